The summed E-state index contributed by atoms with van der Waals surface area (Å²) in [6.07, 6.45) is 7.34. The van der Waals surface area contributed by atoms with Gasteiger partial charge >= 0.3 is 11.9 Å². The van der Waals surface area contributed by atoms with Crippen molar-refractivity contribution in [1.29, 1.82) is 0 Å². The number of esters is 2. The van der Waals surface area contributed by atoms with Gasteiger partial charge in [-0.05, 0) is 85.6 Å². The Balaban J connectivity index is 1.09. The molecule has 0 radical (unpaired) electrons. The van der Waals surface area contributed by atoms with Gasteiger partial charge in [0.2, 0.25) is 11.8 Å². The second-order valence-corrected chi connectivity index (χ2v) is 11.2. The Labute approximate surface area is 296 Å². The fraction of sp³-hybridized carbons (Fsp3) is 0.231. The summed E-state index contributed by atoms with van der Waals surface area (Å²) >= 11 is 0. The van der Waals surface area contributed by atoms with Crippen molar-refractivity contribution < 1.29 is 38.1 Å². The third-order valence-electron chi connectivity index (χ3n) is 7.49. The molecule has 12 nitrogen and oxygen atoms in total. The van der Waals surface area contributed by atoms with E-state index in [1.165, 1.54) is 12.4 Å². The predicted octanol–water partition coefficient (Wildman–Crippen LogP) is 6.47. The molecule has 0 spiro atoms. The number of nitrogens with zero attached hydrogens (tertiary/aromatic N) is 2. The number of rotatable bonds is 18. The van der Waals surface area contributed by atoms with Gasteiger partial charge in [0.25, 0.3) is 0 Å². The van der Waals surface area contributed by atoms with E-state index in [9.17, 15) is 19.2 Å². The molecule has 0 aliphatic carbocycles. The number of nitrogens with one attached hydrogen (secondary N) is 2. The highest BCUT2D eigenvalue weighted by molar-refractivity contribution is 5.94. The molecule has 0 aliphatic heterocycles. The van der Waals surface area contributed by atoms with Gasteiger partial charge in [-0.25, -0.2) is 20.4 Å². The minimum atomic E-state index is -0.527. The van der Waals surface area contributed by atoms with Crippen LogP contribution in [0.2, 0.25) is 0 Å². The van der Waals surface area contributed by atoms with Gasteiger partial charge in [0.15, 0.2) is 0 Å². The van der Waals surface area contributed by atoms with E-state index < -0.39 is 11.9 Å². The molecular weight excluding hydrogens is 652 g/mol. The first-order valence-electron chi connectivity index (χ1n) is 16.4. The highest BCUT2D eigenvalue weighted by atomic mass is 16.5. The van der Waals surface area contributed by atoms with Gasteiger partial charge in [-0.15, -0.1) is 0 Å². The minimum absolute atomic E-state index is 0.228. The molecule has 12 heteroatoms. The van der Waals surface area contributed by atoms with Gasteiger partial charge in [-0.1, -0.05) is 43.5 Å². The van der Waals surface area contributed by atoms with Crippen molar-refractivity contribution >= 4 is 36.2 Å². The Hall–Kier alpha value is -6.30. The zero-order valence-electron chi connectivity index (χ0n) is 28.5. The molecule has 0 aromatic heterocycles. The maximum atomic E-state index is 12.6. The van der Waals surface area contributed by atoms with E-state index in [2.05, 4.69) is 21.1 Å². The van der Waals surface area contributed by atoms with Gasteiger partial charge in [0.05, 0.1) is 37.8 Å². The van der Waals surface area contributed by atoms with E-state index in [4.69, 9.17) is 18.9 Å². The lowest BCUT2D eigenvalue weighted by Gasteiger charge is -2.08. The summed E-state index contributed by atoms with van der Waals surface area (Å²) in [5.74, 6) is 0.375. The molecule has 0 heterocycles. The van der Waals surface area contributed by atoms with E-state index >= 15 is 0 Å². The molecule has 0 atom stereocenters. The molecule has 0 saturated carbocycles. The SMILES string of the molecule is COc1ccc(C(=O)Oc2ccccc2/C=N/NC(=O)CCCCCCCC(=O)N/N=C/c2ccccc2OC(=O)c2ccc(OC)cc2)cc1. The van der Waals surface area contributed by atoms with Crippen molar-refractivity contribution in [2.75, 3.05) is 14.2 Å². The molecule has 0 fully saturated rings. The number of benzene rings is 4. The van der Waals surface area contributed by atoms with Gasteiger partial charge < -0.3 is 18.9 Å². The zero-order valence-corrected chi connectivity index (χ0v) is 28.5. The summed E-state index contributed by atoms with van der Waals surface area (Å²) in [5.41, 5.74) is 6.83. The molecule has 0 unspecified atom stereocenters. The van der Waals surface area contributed by atoms with Crippen LogP contribution in [-0.4, -0.2) is 50.4 Å². The third-order valence-corrected chi connectivity index (χ3v) is 7.49. The second kappa shape index (κ2) is 20.3. The Morgan fingerprint density at radius 3 is 1.29 bits per heavy atom. The molecule has 0 saturated heterocycles. The van der Waals surface area contributed by atoms with Crippen LogP contribution in [0.4, 0.5) is 0 Å². The molecule has 4 rings (SSSR count). The Morgan fingerprint density at radius 1 is 0.529 bits per heavy atom. The van der Waals surface area contributed by atoms with Gasteiger partial charge in [0.1, 0.15) is 23.0 Å². The van der Waals surface area contributed by atoms with E-state index in [-0.39, 0.29) is 11.8 Å². The summed E-state index contributed by atoms with van der Waals surface area (Å²) < 4.78 is 21.3. The number of hydrogen-bond donors (Lipinski definition) is 2. The summed E-state index contributed by atoms with van der Waals surface area (Å²) in [6, 6.07) is 26.9. The number of unbranched alkanes of at least 4 members (excludes halogenated alkanes) is 4. The van der Waals surface area contributed by atoms with Crippen molar-refractivity contribution in [3.05, 3.63) is 119 Å². The predicted molar refractivity (Wildman–Crippen MR) is 193 cm³/mol. The molecular formula is C39H40N4O8. The van der Waals surface area contributed by atoms with Crippen LogP contribution >= 0.6 is 0 Å². The molecule has 4 aromatic carbocycles. The third kappa shape index (κ3) is 12.6. The molecule has 4 aromatic rings. The summed E-state index contributed by atoms with van der Waals surface area (Å²) in [6.45, 7) is 0. The lowest BCUT2D eigenvalue weighted by molar-refractivity contribution is -0.121. The largest absolute Gasteiger partial charge is 0.497 e. The molecule has 2 N–H and O–H groups in total. The monoisotopic (exact) mass is 692 g/mol. The zero-order chi connectivity index (χ0) is 36.3. The minimum Gasteiger partial charge on any atom is -0.497 e. The molecule has 2 amide bonds. The fourth-order valence-electron chi connectivity index (χ4n) is 4.69. The van der Waals surface area contributed by atoms with Crippen molar-refractivity contribution in [3.63, 3.8) is 0 Å². The van der Waals surface area contributed by atoms with Crippen LogP contribution in [0.25, 0.3) is 0 Å². The first kappa shape index (κ1) is 37.5. The summed E-state index contributed by atoms with van der Waals surface area (Å²) in [7, 11) is 3.09. The van der Waals surface area contributed by atoms with Crippen molar-refractivity contribution in [2.45, 2.75) is 44.9 Å². The van der Waals surface area contributed by atoms with Crippen LogP contribution in [-0.2, 0) is 9.59 Å². The van der Waals surface area contributed by atoms with Crippen LogP contribution < -0.4 is 29.8 Å². The number of methoxy groups -OCH3 is 2. The number of carbonyl (C=O) groups is 4. The van der Waals surface area contributed by atoms with Crippen LogP contribution in [0, 0.1) is 0 Å². The number of amides is 2. The van der Waals surface area contributed by atoms with E-state index in [0.29, 0.717) is 70.9 Å². The van der Waals surface area contributed by atoms with Gasteiger partial charge in [-0.2, -0.15) is 10.2 Å². The Bertz CT molecular complexity index is 1690. The molecule has 0 aliphatic rings. The maximum absolute atomic E-state index is 12.6. The second-order valence-electron chi connectivity index (χ2n) is 11.2. The lowest BCUT2D eigenvalue weighted by atomic mass is 10.1. The van der Waals surface area contributed by atoms with Crippen LogP contribution in [0.3, 0.4) is 0 Å². The maximum Gasteiger partial charge on any atom is 0.343 e. The van der Waals surface area contributed by atoms with Gasteiger partial charge in [0, 0.05) is 24.0 Å². The van der Waals surface area contributed by atoms with E-state index in [1.807, 2.05) is 0 Å². The number of para-hydroxylation sites is 2. The standard InChI is InChI=1S/C39H40N4O8/c1-48-32-22-18-28(19-23-32)38(46)50-34-14-10-8-12-30(34)26-40-42-36(44)16-6-4-3-5-7-17-37(45)43-41-27-31-13-9-11-15-35(31)51-39(47)29-20-24-33(49-2)25-21-29/h8-15,18-27H,3-7,16-17H2,1-2H3,(H,42,44)(H,43,45)/b40-26+,41-27+. The molecule has 0 bridgehead atoms. The van der Waals surface area contributed by atoms with E-state index in [0.717, 1.165) is 19.3 Å². The molecule has 264 valence electrons. The highest BCUT2D eigenvalue weighted by Crippen LogP contribution is 2.20. The molecule has 51 heavy (non-hydrogen) atoms. The number of hydrogen-bond acceptors (Lipinski definition) is 10. The first-order valence-corrected chi connectivity index (χ1v) is 16.4. The number of hydrazone groups is 2. The van der Waals surface area contributed by atoms with Crippen molar-refractivity contribution in [3.8, 4) is 23.0 Å². The van der Waals surface area contributed by atoms with Crippen molar-refractivity contribution in [1.82, 2.24) is 10.9 Å². The van der Waals surface area contributed by atoms with E-state index in [1.54, 1.807) is 111 Å². The fourth-order valence-corrected chi connectivity index (χ4v) is 4.69. The summed E-state index contributed by atoms with van der Waals surface area (Å²) in [5, 5.41) is 8.04. The summed E-state index contributed by atoms with van der Waals surface area (Å²) in [4.78, 5) is 49.6. The number of ether oxygens (including phenoxy) is 4. The van der Waals surface area contributed by atoms with Crippen LogP contribution in [0.15, 0.2) is 107 Å². The number of carbonyl (C=O) groups excluding carboxylic acids is 4. The topological polar surface area (TPSA) is 154 Å². The first-order chi connectivity index (χ1) is 24.9. The van der Waals surface area contributed by atoms with Crippen molar-refractivity contribution in [2.24, 2.45) is 10.2 Å². The highest BCUT2D eigenvalue weighted by Gasteiger charge is 2.13. The van der Waals surface area contributed by atoms with Crippen LogP contribution in [0.5, 0.6) is 23.0 Å². The smallest absolute Gasteiger partial charge is 0.343 e. The normalized spacial score (nSPS) is 10.9. The van der Waals surface area contributed by atoms with Gasteiger partial charge in [-0.3, -0.25) is 9.59 Å². The average molecular weight is 693 g/mol. The Morgan fingerprint density at radius 2 is 0.902 bits per heavy atom. The quantitative estimate of drug-likeness (QED) is 0.0395. The Kier molecular flexibility index (Phi) is 14.9. The average Bonchev–Trinajstić information content (AvgIpc) is 3.15. The lowest BCUT2D eigenvalue weighted by Crippen LogP contribution is -2.17. The van der Waals surface area contributed by atoms with Crippen LogP contribution in [0.1, 0.15) is 76.8 Å².